The van der Waals surface area contributed by atoms with Crippen LogP contribution in [0, 0.1) is 35.8 Å². The van der Waals surface area contributed by atoms with E-state index in [1.807, 2.05) is 37.3 Å². The molecule has 1 fully saturated rings. The topological polar surface area (TPSA) is 58.4 Å². The lowest BCUT2D eigenvalue weighted by Gasteiger charge is -2.42. The molecule has 0 unspecified atom stereocenters. The third-order valence-corrected chi connectivity index (χ3v) is 7.41. The number of rotatable bonds is 7. The van der Waals surface area contributed by atoms with Gasteiger partial charge in [-0.1, -0.05) is 28.1 Å². The Morgan fingerprint density at radius 3 is 2.54 bits per heavy atom. The second kappa shape index (κ2) is 10.4. The van der Waals surface area contributed by atoms with Crippen molar-refractivity contribution in [2.75, 3.05) is 37.2 Å². The molecule has 4 aromatic rings. The highest BCUT2D eigenvalue weighted by atomic mass is 79.9. The molecule has 188 valence electrons. The van der Waals surface area contributed by atoms with E-state index in [2.05, 4.69) is 25.8 Å². The SMILES string of the molecule is COCOc1c(C#N)cc(F)cc1-c1ccc2ncc(-c3cc(C)cc(F)c3)c(N3CC(CBr)C3)c2c1. The van der Waals surface area contributed by atoms with Crippen molar-refractivity contribution < 1.29 is 18.3 Å². The number of anilines is 1. The number of hydrogen-bond acceptors (Lipinski definition) is 5. The maximum atomic E-state index is 14.5. The summed E-state index contributed by atoms with van der Waals surface area (Å²) in [5.74, 6) is -0.0918. The summed E-state index contributed by atoms with van der Waals surface area (Å²) >= 11 is 3.57. The van der Waals surface area contributed by atoms with Crippen LogP contribution in [0.15, 0.2) is 54.7 Å². The molecule has 1 aliphatic rings. The van der Waals surface area contributed by atoms with Crippen molar-refractivity contribution in [3.8, 4) is 34.1 Å². The maximum Gasteiger partial charge on any atom is 0.188 e. The first-order chi connectivity index (χ1) is 17.9. The number of ether oxygens (including phenoxy) is 2. The Kier molecular flexibility index (Phi) is 7.09. The first-order valence-electron chi connectivity index (χ1n) is 11.8. The molecule has 0 atom stereocenters. The van der Waals surface area contributed by atoms with Crippen LogP contribution in [0.1, 0.15) is 11.1 Å². The zero-order valence-electron chi connectivity index (χ0n) is 20.4. The number of nitrogens with zero attached hydrogens (tertiary/aromatic N) is 3. The molecule has 0 radical (unpaired) electrons. The molecule has 0 aliphatic carbocycles. The number of hydrogen-bond donors (Lipinski definition) is 0. The molecule has 1 aromatic heterocycles. The molecule has 5 rings (SSSR count). The highest BCUT2D eigenvalue weighted by Crippen LogP contribution is 2.43. The van der Waals surface area contributed by atoms with Gasteiger partial charge < -0.3 is 14.4 Å². The molecule has 5 nitrogen and oxygen atoms in total. The number of aryl methyl sites for hydroxylation is 1. The Morgan fingerprint density at radius 2 is 1.84 bits per heavy atom. The molecule has 2 heterocycles. The Hall–Kier alpha value is -3.54. The quantitative estimate of drug-likeness (QED) is 0.182. The van der Waals surface area contributed by atoms with E-state index in [4.69, 9.17) is 9.47 Å². The van der Waals surface area contributed by atoms with E-state index >= 15 is 0 Å². The van der Waals surface area contributed by atoms with Crippen LogP contribution >= 0.6 is 15.9 Å². The Balaban J connectivity index is 1.74. The average molecular weight is 564 g/mol. The molecular weight excluding hydrogens is 540 g/mol. The molecule has 0 N–H and O–H groups in total. The van der Waals surface area contributed by atoms with Crippen molar-refractivity contribution >= 4 is 32.5 Å². The van der Waals surface area contributed by atoms with E-state index in [-0.39, 0.29) is 23.9 Å². The number of halogens is 3. The number of benzene rings is 3. The second-order valence-corrected chi connectivity index (χ2v) is 9.84. The monoisotopic (exact) mass is 563 g/mol. The zero-order valence-corrected chi connectivity index (χ0v) is 22.0. The van der Waals surface area contributed by atoms with Crippen molar-refractivity contribution in [3.05, 3.63) is 77.5 Å². The van der Waals surface area contributed by atoms with Gasteiger partial charge in [0.2, 0.25) is 0 Å². The normalized spacial score (nSPS) is 13.5. The minimum absolute atomic E-state index is 0.0809. The largest absolute Gasteiger partial charge is 0.466 e. The Labute approximate surface area is 222 Å². The van der Waals surface area contributed by atoms with Gasteiger partial charge in [0, 0.05) is 54.2 Å². The highest BCUT2D eigenvalue weighted by Gasteiger charge is 2.30. The minimum Gasteiger partial charge on any atom is -0.466 e. The smallest absolute Gasteiger partial charge is 0.188 e. The van der Waals surface area contributed by atoms with Crippen molar-refractivity contribution in [2.45, 2.75) is 6.92 Å². The number of nitriles is 1. The molecular formula is C29H24BrF2N3O2. The van der Waals surface area contributed by atoms with Crippen molar-refractivity contribution in [1.82, 2.24) is 4.98 Å². The van der Waals surface area contributed by atoms with Crippen LogP contribution in [0.2, 0.25) is 0 Å². The van der Waals surface area contributed by atoms with Crippen LogP contribution in [0.4, 0.5) is 14.5 Å². The summed E-state index contributed by atoms with van der Waals surface area (Å²) in [5, 5.41) is 11.4. The molecule has 3 aromatic carbocycles. The molecule has 1 saturated heterocycles. The third-order valence-electron chi connectivity index (χ3n) is 6.49. The molecule has 1 aliphatic heterocycles. The third kappa shape index (κ3) is 4.89. The minimum atomic E-state index is -0.540. The predicted octanol–water partition coefficient (Wildman–Crippen LogP) is 6.84. The van der Waals surface area contributed by atoms with Gasteiger partial charge in [-0.2, -0.15) is 5.26 Å². The molecule has 0 amide bonds. The van der Waals surface area contributed by atoms with Crippen molar-refractivity contribution in [2.24, 2.45) is 5.92 Å². The highest BCUT2D eigenvalue weighted by molar-refractivity contribution is 9.09. The number of aromatic nitrogens is 1. The Bertz CT molecular complexity index is 1510. The summed E-state index contributed by atoms with van der Waals surface area (Å²) in [6.07, 6.45) is 1.79. The fourth-order valence-electron chi connectivity index (χ4n) is 4.80. The summed E-state index contributed by atoms with van der Waals surface area (Å²) in [6.45, 7) is 3.47. The fourth-order valence-corrected chi connectivity index (χ4v) is 5.21. The van der Waals surface area contributed by atoms with Gasteiger partial charge in [0.05, 0.1) is 16.8 Å². The summed E-state index contributed by atoms with van der Waals surface area (Å²) in [6, 6.07) is 15.1. The van der Waals surface area contributed by atoms with Crippen LogP contribution in [-0.2, 0) is 4.74 Å². The second-order valence-electron chi connectivity index (χ2n) is 9.19. The van der Waals surface area contributed by atoms with Gasteiger partial charge in [-0.05, 0) is 60.0 Å². The van der Waals surface area contributed by atoms with E-state index in [0.29, 0.717) is 17.0 Å². The van der Waals surface area contributed by atoms with Gasteiger partial charge >= 0.3 is 0 Å². The Morgan fingerprint density at radius 1 is 1.05 bits per heavy atom. The lowest BCUT2D eigenvalue weighted by Crippen LogP contribution is -2.47. The van der Waals surface area contributed by atoms with E-state index in [9.17, 15) is 14.0 Å². The maximum absolute atomic E-state index is 14.5. The first kappa shape index (κ1) is 25.1. The van der Waals surface area contributed by atoms with Crippen LogP contribution < -0.4 is 9.64 Å². The fraction of sp³-hybridized carbons (Fsp3) is 0.241. The number of pyridine rings is 1. The van der Waals surface area contributed by atoms with E-state index in [0.717, 1.165) is 57.8 Å². The van der Waals surface area contributed by atoms with Gasteiger partial charge in [-0.25, -0.2) is 8.78 Å². The first-order valence-corrected chi connectivity index (χ1v) is 12.9. The number of methoxy groups -OCH3 is 1. The van der Waals surface area contributed by atoms with Crippen LogP contribution in [0.25, 0.3) is 33.2 Å². The van der Waals surface area contributed by atoms with Crippen LogP contribution in [0.5, 0.6) is 5.75 Å². The van der Waals surface area contributed by atoms with Gasteiger partial charge in [0.15, 0.2) is 6.79 Å². The summed E-state index contributed by atoms with van der Waals surface area (Å²) < 4.78 is 39.7. The van der Waals surface area contributed by atoms with Crippen molar-refractivity contribution in [3.63, 3.8) is 0 Å². The average Bonchev–Trinajstić information content (AvgIpc) is 2.86. The van der Waals surface area contributed by atoms with E-state index in [1.54, 1.807) is 6.20 Å². The predicted molar refractivity (Wildman–Crippen MR) is 144 cm³/mol. The van der Waals surface area contributed by atoms with Gasteiger partial charge in [-0.3, -0.25) is 4.98 Å². The molecule has 0 spiro atoms. The summed E-state index contributed by atoms with van der Waals surface area (Å²) in [7, 11) is 1.48. The van der Waals surface area contributed by atoms with Gasteiger partial charge in [0.1, 0.15) is 23.5 Å². The molecule has 8 heteroatoms. The number of fused-ring (bicyclic) bond motifs is 1. The van der Waals surface area contributed by atoms with Crippen molar-refractivity contribution in [1.29, 1.82) is 5.26 Å². The van der Waals surface area contributed by atoms with Crippen LogP contribution in [0.3, 0.4) is 0 Å². The van der Waals surface area contributed by atoms with Gasteiger partial charge in [-0.15, -0.1) is 0 Å². The zero-order chi connectivity index (χ0) is 26.1. The van der Waals surface area contributed by atoms with Gasteiger partial charge in [0.25, 0.3) is 0 Å². The number of alkyl halides is 1. The van der Waals surface area contributed by atoms with Crippen LogP contribution in [-0.4, -0.2) is 37.3 Å². The molecule has 37 heavy (non-hydrogen) atoms. The van der Waals surface area contributed by atoms with E-state index in [1.165, 1.54) is 25.3 Å². The summed E-state index contributed by atoms with van der Waals surface area (Å²) in [4.78, 5) is 6.95. The molecule has 0 bridgehead atoms. The van der Waals surface area contributed by atoms with E-state index < -0.39 is 5.82 Å². The molecule has 0 saturated carbocycles. The standard InChI is InChI=1S/C29H24BrF2N3O2/c1-17-5-20(7-22(31)6-17)26-13-34-27-4-3-19(9-25(27)28(26)35-14-18(11-30)15-35)24-10-23(32)8-21(12-33)29(24)37-16-36-2/h3-10,13,18H,11,14-16H2,1-2H3. The lowest BCUT2D eigenvalue weighted by molar-refractivity contribution is 0.0513. The summed E-state index contributed by atoms with van der Waals surface area (Å²) in [5.41, 5.74) is 5.29. The lowest BCUT2D eigenvalue weighted by atomic mass is 9.93.